The van der Waals surface area contributed by atoms with E-state index in [4.69, 9.17) is 9.47 Å². The number of sulfonamides is 1. The summed E-state index contributed by atoms with van der Waals surface area (Å²) >= 11 is 0. The molecule has 1 saturated carbocycles. The smallest absolute Gasteiger partial charge is 0.216 e. The van der Waals surface area contributed by atoms with Gasteiger partial charge in [0.05, 0.1) is 18.5 Å². The molecule has 6 heteroatoms. The Morgan fingerprint density at radius 2 is 1.90 bits per heavy atom. The van der Waals surface area contributed by atoms with E-state index in [9.17, 15) is 8.42 Å². The van der Waals surface area contributed by atoms with Crippen LogP contribution in [-0.4, -0.2) is 34.3 Å². The number of nitrogens with one attached hydrogen (secondary N) is 1. The molecule has 0 atom stereocenters. The lowest BCUT2D eigenvalue weighted by Gasteiger charge is -2.35. The first-order chi connectivity index (χ1) is 10.0. The molecule has 1 aromatic rings. The van der Waals surface area contributed by atoms with E-state index in [2.05, 4.69) is 4.72 Å². The predicted molar refractivity (Wildman–Crippen MR) is 81.4 cm³/mol. The summed E-state index contributed by atoms with van der Waals surface area (Å²) in [4.78, 5) is 0. The second-order valence-corrected chi connectivity index (χ2v) is 7.08. The minimum absolute atomic E-state index is 0.00105. The highest BCUT2D eigenvalue weighted by atomic mass is 32.2. The second kappa shape index (κ2) is 7.35. The van der Waals surface area contributed by atoms with Crippen molar-refractivity contribution in [3.05, 3.63) is 35.4 Å². The van der Waals surface area contributed by atoms with E-state index in [1.54, 1.807) is 7.11 Å². The average molecular weight is 313 g/mol. The standard InChI is InChI=1S/C15H23NO4S/c1-3-20-15-8-14(9-15)16-21(17,18)11-13-7-5-4-6-12(13)10-19-2/h4-7,14-16H,3,8-11H2,1-2H3. The van der Waals surface area contributed by atoms with Crippen LogP contribution in [-0.2, 0) is 31.9 Å². The van der Waals surface area contributed by atoms with Gasteiger partial charge in [0.1, 0.15) is 0 Å². The zero-order valence-electron chi connectivity index (χ0n) is 12.5. The molecule has 21 heavy (non-hydrogen) atoms. The number of benzene rings is 1. The van der Waals surface area contributed by atoms with Gasteiger partial charge in [0.15, 0.2) is 0 Å². The lowest BCUT2D eigenvalue weighted by atomic mass is 9.90. The summed E-state index contributed by atoms with van der Waals surface area (Å²) in [7, 11) is -1.73. The quantitative estimate of drug-likeness (QED) is 0.795. The molecule has 1 aliphatic rings. The van der Waals surface area contributed by atoms with Crippen molar-refractivity contribution in [3.63, 3.8) is 0 Å². The summed E-state index contributed by atoms with van der Waals surface area (Å²) in [5.74, 6) is -0.0116. The van der Waals surface area contributed by atoms with Crippen LogP contribution in [0.1, 0.15) is 30.9 Å². The Balaban J connectivity index is 1.93. The molecule has 0 saturated heterocycles. The molecule has 1 aliphatic carbocycles. The highest BCUT2D eigenvalue weighted by molar-refractivity contribution is 7.88. The average Bonchev–Trinajstić information content (AvgIpc) is 2.38. The first-order valence-electron chi connectivity index (χ1n) is 7.21. The fourth-order valence-corrected chi connectivity index (χ4v) is 4.00. The molecule has 0 aliphatic heterocycles. The van der Waals surface area contributed by atoms with E-state index >= 15 is 0 Å². The molecule has 5 nitrogen and oxygen atoms in total. The first-order valence-corrected chi connectivity index (χ1v) is 8.86. The van der Waals surface area contributed by atoms with Crippen molar-refractivity contribution in [2.75, 3.05) is 13.7 Å². The SMILES string of the molecule is CCOC1CC(NS(=O)(=O)Cc2ccccc2COC)C1. The summed E-state index contributed by atoms with van der Waals surface area (Å²) in [6, 6.07) is 7.45. The number of ether oxygens (including phenoxy) is 2. The maximum absolute atomic E-state index is 12.2. The number of hydrogen-bond acceptors (Lipinski definition) is 4. The Hall–Kier alpha value is -0.950. The summed E-state index contributed by atoms with van der Waals surface area (Å²) in [6.45, 7) is 3.04. The molecule has 0 spiro atoms. The Kier molecular flexibility index (Phi) is 5.75. The van der Waals surface area contributed by atoms with Crippen molar-refractivity contribution in [1.29, 1.82) is 0 Å². The van der Waals surface area contributed by atoms with Gasteiger partial charge in [-0.1, -0.05) is 24.3 Å². The fraction of sp³-hybridized carbons (Fsp3) is 0.600. The summed E-state index contributed by atoms with van der Waals surface area (Å²) in [5.41, 5.74) is 1.69. The van der Waals surface area contributed by atoms with Crippen LogP contribution in [0.5, 0.6) is 0 Å². The van der Waals surface area contributed by atoms with Crippen LogP contribution in [0.3, 0.4) is 0 Å². The first kappa shape index (κ1) is 16.4. The monoisotopic (exact) mass is 313 g/mol. The topological polar surface area (TPSA) is 64.6 Å². The van der Waals surface area contributed by atoms with Gasteiger partial charge < -0.3 is 9.47 Å². The van der Waals surface area contributed by atoms with Crippen LogP contribution in [0.4, 0.5) is 0 Å². The van der Waals surface area contributed by atoms with Crippen LogP contribution in [0.15, 0.2) is 24.3 Å². The number of rotatable bonds is 8. The number of hydrogen-bond donors (Lipinski definition) is 1. The van der Waals surface area contributed by atoms with Crippen LogP contribution in [0.25, 0.3) is 0 Å². The molecule has 0 amide bonds. The van der Waals surface area contributed by atoms with Gasteiger partial charge in [-0.3, -0.25) is 0 Å². The minimum atomic E-state index is -3.34. The maximum Gasteiger partial charge on any atom is 0.216 e. The van der Waals surface area contributed by atoms with Gasteiger partial charge in [-0.25, -0.2) is 13.1 Å². The van der Waals surface area contributed by atoms with Crippen molar-refractivity contribution in [2.24, 2.45) is 0 Å². The Bertz CT molecular complexity index is 553. The van der Waals surface area contributed by atoms with Crippen LogP contribution < -0.4 is 4.72 Å². The van der Waals surface area contributed by atoms with E-state index in [1.165, 1.54) is 0 Å². The van der Waals surface area contributed by atoms with E-state index in [1.807, 2.05) is 31.2 Å². The lowest BCUT2D eigenvalue weighted by Crippen LogP contribution is -2.48. The van der Waals surface area contributed by atoms with Gasteiger partial charge >= 0.3 is 0 Å². The molecule has 1 aromatic carbocycles. The van der Waals surface area contributed by atoms with Gasteiger partial charge in [-0.2, -0.15) is 0 Å². The van der Waals surface area contributed by atoms with E-state index in [-0.39, 0.29) is 17.9 Å². The normalized spacial score (nSPS) is 22.0. The van der Waals surface area contributed by atoms with Crippen LogP contribution >= 0.6 is 0 Å². The number of methoxy groups -OCH3 is 1. The van der Waals surface area contributed by atoms with E-state index < -0.39 is 10.0 Å². The third-order valence-electron chi connectivity index (χ3n) is 3.61. The highest BCUT2D eigenvalue weighted by Crippen LogP contribution is 2.24. The lowest BCUT2D eigenvalue weighted by molar-refractivity contribution is -0.00476. The molecule has 0 aromatic heterocycles. The van der Waals surface area contributed by atoms with Crippen LogP contribution in [0.2, 0.25) is 0 Å². The maximum atomic E-state index is 12.2. The van der Waals surface area contributed by atoms with Crippen molar-refractivity contribution >= 4 is 10.0 Å². The molecule has 1 fully saturated rings. The molecule has 118 valence electrons. The molecule has 1 N–H and O–H groups in total. The Labute approximate surface area is 126 Å². The molecule has 0 unspecified atom stereocenters. The predicted octanol–water partition coefficient (Wildman–Crippen LogP) is 1.82. The van der Waals surface area contributed by atoms with Crippen molar-refractivity contribution in [3.8, 4) is 0 Å². The fourth-order valence-electron chi connectivity index (χ4n) is 2.53. The highest BCUT2D eigenvalue weighted by Gasteiger charge is 2.32. The summed E-state index contributed by atoms with van der Waals surface area (Å²) < 4.78 is 37.8. The Morgan fingerprint density at radius 3 is 2.52 bits per heavy atom. The molecule has 2 rings (SSSR count). The minimum Gasteiger partial charge on any atom is -0.380 e. The van der Waals surface area contributed by atoms with Gasteiger partial charge in [0.2, 0.25) is 10.0 Å². The third kappa shape index (κ3) is 4.78. The van der Waals surface area contributed by atoms with Gasteiger partial charge in [0, 0.05) is 19.8 Å². The van der Waals surface area contributed by atoms with E-state index in [0.29, 0.717) is 13.2 Å². The molecule has 0 bridgehead atoms. The third-order valence-corrected chi connectivity index (χ3v) is 4.99. The Morgan fingerprint density at radius 1 is 1.24 bits per heavy atom. The zero-order valence-corrected chi connectivity index (χ0v) is 13.4. The van der Waals surface area contributed by atoms with Crippen LogP contribution in [0, 0.1) is 0 Å². The van der Waals surface area contributed by atoms with Crippen molar-refractivity contribution < 1.29 is 17.9 Å². The molecule has 0 radical (unpaired) electrons. The van der Waals surface area contributed by atoms with E-state index in [0.717, 1.165) is 24.0 Å². The second-order valence-electron chi connectivity index (χ2n) is 5.32. The summed E-state index contributed by atoms with van der Waals surface area (Å²) in [6.07, 6.45) is 1.71. The molecular weight excluding hydrogens is 290 g/mol. The van der Waals surface area contributed by atoms with Gasteiger partial charge in [-0.05, 0) is 30.9 Å². The molecular formula is C15H23NO4S. The van der Waals surface area contributed by atoms with Crippen molar-refractivity contribution in [2.45, 2.75) is 44.3 Å². The largest absolute Gasteiger partial charge is 0.380 e. The van der Waals surface area contributed by atoms with Crippen molar-refractivity contribution in [1.82, 2.24) is 4.72 Å². The van der Waals surface area contributed by atoms with Gasteiger partial charge in [-0.15, -0.1) is 0 Å². The summed E-state index contributed by atoms with van der Waals surface area (Å²) in [5, 5.41) is 0. The van der Waals surface area contributed by atoms with Gasteiger partial charge in [0.25, 0.3) is 0 Å². The zero-order chi connectivity index (χ0) is 15.3. The molecule has 0 heterocycles.